The maximum absolute atomic E-state index is 12.7. The number of benzene rings is 2. The third kappa shape index (κ3) is 4.49. The van der Waals surface area contributed by atoms with E-state index in [9.17, 15) is 18.0 Å². The minimum Gasteiger partial charge on any atom is -0.495 e. The minimum atomic E-state index is -3.84. The van der Waals surface area contributed by atoms with Crippen LogP contribution in [-0.2, 0) is 14.8 Å². The van der Waals surface area contributed by atoms with Crippen LogP contribution in [0.25, 0.3) is 0 Å². The highest BCUT2D eigenvalue weighted by Gasteiger charge is 2.30. The molecule has 0 aromatic heterocycles. The standard InChI is InChI=1S/C19H21N3O5S/c1-27-15-10-7-13(11-16(15)28(25,26)22-14-8-9-14)19(24)21-17(18(20)23)12-5-3-2-4-6-12/h2-7,10-11,14,17,22H,8-9H2,1H3,(H2,20,23)(H,21,24). The van der Waals surface area contributed by atoms with Crippen molar-refractivity contribution < 1.29 is 22.7 Å². The summed E-state index contributed by atoms with van der Waals surface area (Å²) in [6.45, 7) is 0. The van der Waals surface area contributed by atoms with Gasteiger partial charge < -0.3 is 15.8 Å². The Balaban J connectivity index is 1.89. The second kappa shape index (κ2) is 7.99. The number of hydrogen-bond acceptors (Lipinski definition) is 5. The lowest BCUT2D eigenvalue weighted by Gasteiger charge is -2.17. The monoisotopic (exact) mass is 403 g/mol. The van der Waals surface area contributed by atoms with Crippen molar-refractivity contribution >= 4 is 21.8 Å². The normalized spacial score (nSPS) is 14.9. The molecule has 2 aromatic rings. The van der Waals surface area contributed by atoms with Gasteiger partial charge in [-0.3, -0.25) is 9.59 Å². The number of carbonyl (C=O) groups is 2. The molecule has 2 aromatic carbocycles. The predicted molar refractivity (Wildman–Crippen MR) is 102 cm³/mol. The SMILES string of the molecule is COc1ccc(C(=O)NC(C(N)=O)c2ccccc2)cc1S(=O)(=O)NC1CC1. The van der Waals surface area contributed by atoms with Crippen molar-refractivity contribution in [2.45, 2.75) is 29.8 Å². The molecule has 0 heterocycles. The lowest BCUT2D eigenvalue weighted by Crippen LogP contribution is -2.37. The van der Waals surface area contributed by atoms with Crippen LogP contribution in [0.1, 0.15) is 34.8 Å². The van der Waals surface area contributed by atoms with Crippen LogP contribution in [-0.4, -0.2) is 33.4 Å². The molecular weight excluding hydrogens is 382 g/mol. The molecule has 1 aliphatic carbocycles. The zero-order valence-electron chi connectivity index (χ0n) is 15.2. The summed E-state index contributed by atoms with van der Waals surface area (Å²) >= 11 is 0. The number of hydrogen-bond donors (Lipinski definition) is 3. The highest BCUT2D eigenvalue weighted by molar-refractivity contribution is 7.89. The van der Waals surface area contributed by atoms with Crippen LogP contribution in [0.2, 0.25) is 0 Å². The molecule has 1 saturated carbocycles. The Morgan fingerprint density at radius 2 is 1.82 bits per heavy atom. The zero-order valence-corrected chi connectivity index (χ0v) is 16.0. The van der Waals surface area contributed by atoms with Crippen molar-refractivity contribution in [1.29, 1.82) is 0 Å². The smallest absolute Gasteiger partial charge is 0.252 e. The van der Waals surface area contributed by atoms with Crippen LogP contribution in [0.5, 0.6) is 5.75 Å². The average molecular weight is 403 g/mol. The quantitative estimate of drug-likeness (QED) is 0.608. The van der Waals surface area contributed by atoms with Gasteiger partial charge in [0.2, 0.25) is 15.9 Å². The topological polar surface area (TPSA) is 128 Å². The molecule has 9 heteroatoms. The number of amides is 2. The summed E-state index contributed by atoms with van der Waals surface area (Å²) in [5.74, 6) is -1.23. The summed E-state index contributed by atoms with van der Waals surface area (Å²) in [4.78, 5) is 24.3. The second-order valence-corrected chi connectivity index (χ2v) is 8.16. The Morgan fingerprint density at radius 1 is 1.14 bits per heavy atom. The largest absolute Gasteiger partial charge is 0.495 e. The Kier molecular flexibility index (Phi) is 5.66. The van der Waals surface area contributed by atoms with Gasteiger partial charge in [-0.25, -0.2) is 13.1 Å². The number of nitrogens with two attached hydrogens (primary N) is 1. The van der Waals surface area contributed by atoms with E-state index >= 15 is 0 Å². The van der Waals surface area contributed by atoms with E-state index < -0.39 is 27.9 Å². The predicted octanol–water partition coefficient (Wildman–Crippen LogP) is 1.09. The molecule has 1 aliphatic rings. The van der Waals surface area contributed by atoms with Gasteiger partial charge in [-0.15, -0.1) is 0 Å². The van der Waals surface area contributed by atoms with E-state index in [0.717, 1.165) is 12.8 Å². The average Bonchev–Trinajstić information content (AvgIpc) is 3.49. The van der Waals surface area contributed by atoms with E-state index in [1.807, 2.05) is 0 Å². The van der Waals surface area contributed by atoms with Gasteiger partial charge >= 0.3 is 0 Å². The van der Waals surface area contributed by atoms with E-state index in [1.165, 1.54) is 25.3 Å². The van der Waals surface area contributed by atoms with Crippen molar-refractivity contribution in [3.05, 3.63) is 59.7 Å². The number of ether oxygens (including phenoxy) is 1. The minimum absolute atomic E-state index is 0.0687. The highest BCUT2D eigenvalue weighted by Crippen LogP contribution is 2.28. The molecule has 2 amide bonds. The molecular formula is C19H21N3O5S. The van der Waals surface area contributed by atoms with Gasteiger partial charge in [0.1, 0.15) is 16.7 Å². The van der Waals surface area contributed by atoms with E-state index in [1.54, 1.807) is 30.3 Å². The molecule has 28 heavy (non-hydrogen) atoms. The van der Waals surface area contributed by atoms with Crippen molar-refractivity contribution in [3.63, 3.8) is 0 Å². The van der Waals surface area contributed by atoms with Crippen LogP contribution in [0.4, 0.5) is 0 Å². The first kappa shape index (κ1) is 19.8. The lowest BCUT2D eigenvalue weighted by molar-refractivity contribution is -0.120. The van der Waals surface area contributed by atoms with Gasteiger partial charge in [-0.2, -0.15) is 0 Å². The van der Waals surface area contributed by atoms with Crippen LogP contribution < -0.4 is 20.5 Å². The fourth-order valence-electron chi connectivity index (χ4n) is 2.69. The van der Waals surface area contributed by atoms with Crippen LogP contribution in [0.15, 0.2) is 53.4 Å². The number of nitrogens with one attached hydrogen (secondary N) is 2. The molecule has 1 fully saturated rings. The van der Waals surface area contributed by atoms with Crippen molar-refractivity contribution in [1.82, 2.24) is 10.0 Å². The molecule has 0 bridgehead atoms. The zero-order chi connectivity index (χ0) is 20.3. The third-order valence-electron chi connectivity index (χ3n) is 4.31. The molecule has 0 spiro atoms. The van der Waals surface area contributed by atoms with Crippen LogP contribution in [0, 0.1) is 0 Å². The lowest BCUT2D eigenvalue weighted by atomic mass is 10.1. The maximum Gasteiger partial charge on any atom is 0.252 e. The summed E-state index contributed by atoms with van der Waals surface area (Å²) in [6.07, 6.45) is 1.55. The Hall–Kier alpha value is -2.91. The van der Waals surface area contributed by atoms with Gasteiger partial charge in [-0.05, 0) is 36.6 Å². The second-order valence-electron chi connectivity index (χ2n) is 6.48. The van der Waals surface area contributed by atoms with E-state index in [2.05, 4.69) is 10.0 Å². The molecule has 3 rings (SSSR count). The van der Waals surface area contributed by atoms with Crippen LogP contribution in [0.3, 0.4) is 0 Å². The van der Waals surface area contributed by atoms with E-state index in [4.69, 9.17) is 10.5 Å². The molecule has 0 radical (unpaired) electrons. The first-order valence-corrected chi connectivity index (χ1v) is 10.2. The van der Waals surface area contributed by atoms with Crippen molar-refractivity contribution in [3.8, 4) is 5.75 Å². The molecule has 4 N–H and O–H groups in total. The van der Waals surface area contributed by atoms with E-state index in [0.29, 0.717) is 5.56 Å². The fourth-order valence-corrected chi connectivity index (χ4v) is 4.19. The Bertz CT molecular complexity index is 988. The number of methoxy groups -OCH3 is 1. The molecule has 8 nitrogen and oxygen atoms in total. The number of sulfonamides is 1. The molecule has 1 unspecified atom stereocenters. The molecule has 1 atom stereocenters. The third-order valence-corrected chi connectivity index (χ3v) is 5.85. The first-order valence-electron chi connectivity index (χ1n) is 8.67. The van der Waals surface area contributed by atoms with Gasteiger partial charge in [0.05, 0.1) is 7.11 Å². The number of primary amides is 1. The number of carbonyl (C=O) groups excluding carboxylic acids is 2. The summed E-state index contributed by atoms with van der Waals surface area (Å²) in [7, 11) is -2.49. The summed E-state index contributed by atoms with van der Waals surface area (Å²) in [6, 6.07) is 11.5. The number of rotatable bonds is 8. The van der Waals surface area contributed by atoms with Crippen molar-refractivity contribution in [2.75, 3.05) is 7.11 Å². The fraction of sp³-hybridized carbons (Fsp3) is 0.263. The molecule has 0 saturated heterocycles. The highest BCUT2D eigenvalue weighted by atomic mass is 32.2. The summed E-state index contributed by atoms with van der Waals surface area (Å²) < 4.78 is 32.9. The molecule has 148 valence electrons. The molecule has 0 aliphatic heterocycles. The van der Waals surface area contributed by atoms with Crippen LogP contribution >= 0.6 is 0 Å². The van der Waals surface area contributed by atoms with Gasteiger partial charge in [0, 0.05) is 11.6 Å². The first-order chi connectivity index (χ1) is 13.3. The van der Waals surface area contributed by atoms with Gasteiger partial charge in [0.15, 0.2) is 0 Å². The Labute approximate surface area is 163 Å². The van der Waals surface area contributed by atoms with Gasteiger partial charge in [0.25, 0.3) is 5.91 Å². The summed E-state index contributed by atoms with van der Waals surface area (Å²) in [5, 5.41) is 2.55. The maximum atomic E-state index is 12.7. The van der Waals surface area contributed by atoms with E-state index in [-0.39, 0.29) is 22.3 Å². The van der Waals surface area contributed by atoms with Crippen molar-refractivity contribution in [2.24, 2.45) is 5.73 Å². The van der Waals surface area contributed by atoms with Gasteiger partial charge in [-0.1, -0.05) is 30.3 Å². The summed E-state index contributed by atoms with van der Waals surface area (Å²) in [5.41, 5.74) is 6.02. The Morgan fingerprint density at radius 3 is 2.39 bits per heavy atom.